The molecule has 98 valence electrons. The van der Waals surface area contributed by atoms with E-state index in [1.165, 1.54) is 31.3 Å². The van der Waals surface area contributed by atoms with Crippen molar-refractivity contribution in [2.24, 2.45) is 0 Å². The largest absolute Gasteiger partial charge is 0.382 e. The number of nitrogens with one attached hydrogen (secondary N) is 1. The molecule has 0 saturated carbocycles. The smallest absolute Gasteiger partial charge is 0.0343 e. The van der Waals surface area contributed by atoms with E-state index in [4.69, 9.17) is 0 Å². The lowest BCUT2D eigenvalue weighted by Crippen LogP contribution is -2.27. The van der Waals surface area contributed by atoms with Crippen LogP contribution in [0, 0.1) is 3.57 Å². The van der Waals surface area contributed by atoms with Crippen LogP contribution in [-0.2, 0) is 12.8 Å². The van der Waals surface area contributed by atoms with Crippen molar-refractivity contribution in [3.8, 4) is 0 Å². The van der Waals surface area contributed by atoms with Crippen LogP contribution in [-0.4, -0.2) is 6.04 Å². The molecular weight excluding hydrogens is 413 g/mol. The molecule has 2 aromatic rings. The van der Waals surface area contributed by atoms with Crippen molar-refractivity contribution in [3.63, 3.8) is 0 Å². The van der Waals surface area contributed by atoms with Gasteiger partial charge in [0.1, 0.15) is 0 Å². The molecule has 0 spiro atoms. The van der Waals surface area contributed by atoms with Crippen LogP contribution in [0.25, 0.3) is 0 Å². The summed E-state index contributed by atoms with van der Waals surface area (Å²) in [6, 6.07) is 15.8. The van der Waals surface area contributed by atoms with Crippen LogP contribution >= 0.6 is 38.5 Å². The number of rotatable bonds is 2. The van der Waals surface area contributed by atoms with E-state index in [1.807, 2.05) is 0 Å². The molecule has 3 rings (SSSR count). The van der Waals surface area contributed by atoms with Crippen LogP contribution in [0.15, 0.2) is 46.9 Å². The van der Waals surface area contributed by atoms with Gasteiger partial charge in [-0.05, 0) is 89.4 Å². The predicted octanol–water partition coefficient (Wildman–Crippen LogP) is 5.02. The van der Waals surface area contributed by atoms with Gasteiger partial charge in [-0.3, -0.25) is 0 Å². The number of halogens is 2. The second-order valence-electron chi connectivity index (χ2n) is 5.00. The molecule has 0 aliphatic heterocycles. The maximum Gasteiger partial charge on any atom is 0.0343 e. The van der Waals surface area contributed by atoms with Crippen molar-refractivity contribution in [1.29, 1.82) is 0 Å². The van der Waals surface area contributed by atoms with Crippen LogP contribution in [0.1, 0.15) is 17.5 Å². The summed E-state index contributed by atoms with van der Waals surface area (Å²) >= 11 is 5.89. The van der Waals surface area contributed by atoms with E-state index in [0.29, 0.717) is 6.04 Å². The lowest BCUT2D eigenvalue weighted by Gasteiger charge is -2.26. The summed E-state index contributed by atoms with van der Waals surface area (Å²) in [5, 5.41) is 3.65. The van der Waals surface area contributed by atoms with Crippen LogP contribution in [0.2, 0.25) is 0 Å². The van der Waals surface area contributed by atoms with Gasteiger partial charge in [-0.1, -0.05) is 22.0 Å². The van der Waals surface area contributed by atoms with Gasteiger partial charge in [0.2, 0.25) is 0 Å². The normalized spacial score (nSPS) is 17.9. The summed E-state index contributed by atoms with van der Waals surface area (Å²) in [5.74, 6) is 0. The van der Waals surface area contributed by atoms with Gasteiger partial charge in [-0.2, -0.15) is 0 Å². The third kappa shape index (κ3) is 3.31. The molecule has 1 aliphatic carbocycles. The third-order valence-corrected chi connectivity index (χ3v) is 4.82. The molecule has 2 aromatic carbocycles. The molecule has 1 aliphatic rings. The number of benzene rings is 2. The Morgan fingerprint density at radius 3 is 2.63 bits per heavy atom. The molecule has 0 bridgehead atoms. The van der Waals surface area contributed by atoms with E-state index in [0.717, 1.165) is 12.8 Å². The Hall–Kier alpha value is -0.550. The maximum atomic E-state index is 3.65. The highest BCUT2D eigenvalue weighted by molar-refractivity contribution is 14.1. The molecule has 0 fully saturated rings. The van der Waals surface area contributed by atoms with Gasteiger partial charge in [0.25, 0.3) is 0 Å². The van der Waals surface area contributed by atoms with Crippen molar-refractivity contribution in [3.05, 3.63) is 61.6 Å². The van der Waals surface area contributed by atoms with E-state index in [2.05, 4.69) is 86.3 Å². The topological polar surface area (TPSA) is 12.0 Å². The molecule has 3 heteroatoms. The fourth-order valence-electron chi connectivity index (χ4n) is 2.63. The minimum atomic E-state index is 0.550. The maximum absolute atomic E-state index is 3.65. The Balaban J connectivity index is 1.72. The average molecular weight is 428 g/mol. The summed E-state index contributed by atoms with van der Waals surface area (Å²) in [4.78, 5) is 0. The Morgan fingerprint density at radius 2 is 1.84 bits per heavy atom. The number of hydrogen-bond donors (Lipinski definition) is 1. The van der Waals surface area contributed by atoms with Crippen molar-refractivity contribution in [1.82, 2.24) is 0 Å². The predicted molar refractivity (Wildman–Crippen MR) is 92.7 cm³/mol. The van der Waals surface area contributed by atoms with Gasteiger partial charge in [-0.15, -0.1) is 0 Å². The zero-order chi connectivity index (χ0) is 13.2. The third-order valence-electron chi connectivity index (χ3n) is 3.61. The fraction of sp³-hybridized carbons (Fsp3) is 0.250. The Bertz CT molecular complexity index is 580. The molecule has 1 nitrogen and oxygen atoms in total. The van der Waals surface area contributed by atoms with Gasteiger partial charge >= 0.3 is 0 Å². The molecule has 19 heavy (non-hydrogen) atoms. The second kappa shape index (κ2) is 5.83. The lowest BCUT2D eigenvalue weighted by atomic mass is 9.88. The molecule has 1 N–H and O–H groups in total. The van der Waals surface area contributed by atoms with Gasteiger partial charge in [0.05, 0.1) is 0 Å². The minimum absolute atomic E-state index is 0.550. The molecule has 1 atom stereocenters. The SMILES string of the molecule is Brc1ccc2c(c1)CCC(Nc1ccc(I)cc1)C2. The van der Waals surface area contributed by atoms with Crippen molar-refractivity contribution >= 4 is 44.2 Å². The quantitative estimate of drug-likeness (QED) is 0.663. The minimum Gasteiger partial charge on any atom is -0.382 e. The first kappa shape index (κ1) is 13.4. The number of anilines is 1. The van der Waals surface area contributed by atoms with Gasteiger partial charge in [0.15, 0.2) is 0 Å². The van der Waals surface area contributed by atoms with E-state index < -0.39 is 0 Å². The van der Waals surface area contributed by atoms with Crippen LogP contribution in [0.5, 0.6) is 0 Å². The van der Waals surface area contributed by atoms with Crippen LogP contribution < -0.4 is 5.32 Å². The second-order valence-corrected chi connectivity index (χ2v) is 7.17. The molecular formula is C16H15BrIN. The Morgan fingerprint density at radius 1 is 1.05 bits per heavy atom. The van der Waals surface area contributed by atoms with Crippen LogP contribution in [0.3, 0.4) is 0 Å². The van der Waals surface area contributed by atoms with Gasteiger partial charge in [0, 0.05) is 19.8 Å². The molecule has 0 aromatic heterocycles. The fourth-order valence-corrected chi connectivity index (χ4v) is 3.40. The molecule has 0 heterocycles. The monoisotopic (exact) mass is 427 g/mol. The van der Waals surface area contributed by atoms with E-state index in [-0.39, 0.29) is 0 Å². The first-order chi connectivity index (χ1) is 9.20. The number of aryl methyl sites for hydroxylation is 1. The van der Waals surface area contributed by atoms with Crippen molar-refractivity contribution in [2.75, 3.05) is 5.32 Å². The summed E-state index contributed by atoms with van der Waals surface area (Å²) in [6.45, 7) is 0. The zero-order valence-corrected chi connectivity index (χ0v) is 14.2. The average Bonchev–Trinajstić information content (AvgIpc) is 2.42. The van der Waals surface area contributed by atoms with E-state index >= 15 is 0 Å². The number of hydrogen-bond acceptors (Lipinski definition) is 1. The highest BCUT2D eigenvalue weighted by Gasteiger charge is 2.18. The first-order valence-electron chi connectivity index (χ1n) is 6.50. The zero-order valence-electron chi connectivity index (χ0n) is 10.5. The van der Waals surface area contributed by atoms with Crippen molar-refractivity contribution < 1.29 is 0 Å². The summed E-state index contributed by atoms with van der Waals surface area (Å²) in [6.07, 6.45) is 3.49. The van der Waals surface area contributed by atoms with E-state index in [9.17, 15) is 0 Å². The highest BCUT2D eigenvalue weighted by atomic mass is 127. The van der Waals surface area contributed by atoms with Crippen molar-refractivity contribution in [2.45, 2.75) is 25.3 Å². The Kier molecular flexibility index (Phi) is 4.12. The molecule has 0 radical (unpaired) electrons. The number of fused-ring (bicyclic) bond motifs is 1. The van der Waals surface area contributed by atoms with Gasteiger partial charge in [-0.25, -0.2) is 0 Å². The Labute approximate surface area is 136 Å². The van der Waals surface area contributed by atoms with Gasteiger partial charge < -0.3 is 5.32 Å². The summed E-state index contributed by atoms with van der Waals surface area (Å²) in [5.41, 5.74) is 4.21. The summed E-state index contributed by atoms with van der Waals surface area (Å²) < 4.78 is 2.47. The molecule has 1 unspecified atom stereocenters. The highest BCUT2D eigenvalue weighted by Crippen LogP contribution is 2.26. The molecule has 0 saturated heterocycles. The lowest BCUT2D eigenvalue weighted by molar-refractivity contribution is 0.610. The molecule has 0 amide bonds. The summed E-state index contributed by atoms with van der Waals surface area (Å²) in [7, 11) is 0. The first-order valence-corrected chi connectivity index (χ1v) is 8.37. The standard InChI is InChI=1S/C16H15BrIN/c17-13-3-1-12-10-16(6-2-11(12)9-13)19-15-7-4-14(18)5-8-15/h1,3-5,7-9,16,19H,2,6,10H2. The van der Waals surface area contributed by atoms with E-state index in [1.54, 1.807) is 0 Å². The van der Waals surface area contributed by atoms with Crippen LogP contribution in [0.4, 0.5) is 5.69 Å².